The van der Waals surface area contributed by atoms with Crippen molar-refractivity contribution >= 4 is 0 Å². The van der Waals surface area contributed by atoms with Crippen molar-refractivity contribution in [2.75, 3.05) is 6.61 Å². The van der Waals surface area contributed by atoms with Crippen molar-refractivity contribution in [3.8, 4) is 5.75 Å². The second kappa shape index (κ2) is 4.74. The third-order valence-electron chi connectivity index (χ3n) is 1.88. The molecule has 0 aromatic heterocycles. The molecule has 1 unspecified atom stereocenters. The van der Waals surface area contributed by atoms with Crippen LogP contribution < -0.4 is 0 Å². The SMILES string of the molecule is [CH2+][N-]C(CO)Cc1ccc(O)cc1. The number of phenols is 1. The van der Waals surface area contributed by atoms with Gasteiger partial charge in [0.25, 0.3) is 0 Å². The topological polar surface area (TPSA) is 54.6 Å². The highest BCUT2D eigenvalue weighted by molar-refractivity contribution is 5.27. The second-order valence-electron chi connectivity index (χ2n) is 2.89. The molecule has 0 spiro atoms. The molecule has 13 heavy (non-hydrogen) atoms. The molecule has 0 aliphatic rings. The summed E-state index contributed by atoms with van der Waals surface area (Å²) in [6.07, 6.45) is 0.653. The van der Waals surface area contributed by atoms with Crippen molar-refractivity contribution in [1.29, 1.82) is 0 Å². The molecule has 0 saturated carbocycles. The Bertz CT molecular complexity index is 242. The predicted octanol–water partition coefficient (Wildman–Crippen LogP) is 1.46. The van der Waals surface area contributed by atoms with Crippen LogP contribution in [0.3, 0.4) is 0 Å². The van der Waals surface area contributed by atoms with Crippen LogP contribution in [0.25, 0.3) is 5.32 Å². The number of rotatable bonds is 4. The number of benzene rings is 1. The maximum absolute atomic E-state index is 9.02. The highest BCUT2D eigenvalue weighted by Gasteiger charge is 1.99. The van der Waals surface area contributed by atoms with E-state index in [0.29, 0.717) is 6.42 Å². The van der Waals surface area contributed by atoms with Crippen molar-refractivity contribution in [2.24, 2.45) is 0 Å². The van der Waals surface area contributed by atoms with Gasteiger partial charge in [0.15, 0.2) is 0 Å². The molecular formula is C10H13NO2. The van der Waals surface area contributed by atoms with Crippen molar-refractivity contribution < 1.29 is 10.2 Å². The summed E-state index contributed by atoms with van der Waals surface area (Å²) in [6.45, 7) is 0.00434. The van der Waals surface area contributed by atoms with Gasteiger partial charge in [-0.25, -0.2) is 0 Å². The van der Waals surface area contributed by atoms with Gasteiger partial charge in [0, 0.05) is 6.61 Å². The minimum atomic E-state index is -0.149. The minimum absolute atomic E-state index is 0.00434. The van der Waals surface area contributed by atoms with E-state index in [4.69, 9.17) is 10.2 Å². The van der Waals surface area contributed by atoms with Crippen LogP contribution in [-0.4, -0.2) is 22.9 Å². The molecule has 1 aromatic rings. The van der Waals surface area contributed by atoms with E-state index in [0.717, 1.165) is 5.56 Å². The molecule has 3 heteroatoms. The van der Waals surface area contributed by atoms with Crippen molar-refractivity contribution in [3.63, 3.8) is 0 Å². The molecule has 0 saturated heterocycles. The van der Waals surface area contributed by atoms with E-state index in [1.54, 1.807) is 12.1 Å². The van der Waals surface area contributed by atoms with Gasteiger partial charge < -0.3 is 15.5 Å². The lowest BCUT2D eigenvalue weighted by molar-refractivity contribution is 0.278. The maximum atomic E-state index is 9.02. The van der Waals surface area contributed by atoms with E-state index in [2.05, 4.69) is 12.4 Å². The standard InChI is InChI=1S/C10H13NO2/c1-11-9(7-12)6-8-2-4-10(13)5-3-8/h2-5,9,12-13H,1,6-7H2. The monoisotopic (exact) mass is 179 g/mol. The molecular weight excluding hydrogens is 166 g/mol. The van der Waals surface area contributed by atoms with Crippen LogP contribution >= 0.6 is 0 Å². The number of nitrogens with zero attached hydrogens (tertiary/aromatic N) is 1. The molecule has 1 aromatic carbocycles. The lowest BCUT2D eigenvalue weighted by Crippen LogP contribution is -2.13. The van der Waals surface area contributed by atoms with Gasteiger partial charge in [-0.2, -0.15) is 0 Å². The summed E-state index contributed by atoms with van der Waals surface area (Å²) in [4.78, 5) is 0. The smallest absolute Gasteiger partial charge is 0.115 e. The highest BCUT2D eigenvalue weighted by Crippen LogP contribution is 2.13. The summed E-state index contributed by atoms with van der Waals surface area (Å²) in [5, 5.41) is 21.6. The van der Waals surface area contributed by atoms with Crippen LogP contribution in [0.2, 0.25) is 0 Å². The van der Waals surface area contributed by atoms with Gasteiger partial charge in [-0.3, -0.25) is 0 Å². The van der Waals surface area contributed by atoms with Crippen LogP contribution in [0.15, 0.2) is 24.3 Å². The minimum Gasteiger partial charge on any atom is -0.508 e. The zero-order chi connectivity index (χ0) is 9.68. The maximum Gasteiger partial charge on any atom is 0.115 e. The first-order valence-electron chi connectivity index (χ1n) is 4.11. The second-order valence-corrected chi connectivity index (χ2v) is 2.89. The fourth-order valence-electron chi connectivity index (χ4n) is 1.09. The Morgan fingerprint density at radius 1 is 1.31 bits per heavy atom. The Balaban J connectivity index is 2.58. The van der Waals surface area contributed by atoms with Gasteiger partial charge in [0.2, 0.25) is 0 Å². The van der Waals surface area contributed by atoms with Crippen molar-refractivity contribution in [3.05, 3.63) is 42.2 Å². The molecule has 0 amide bonds. The number of aromatic hydroxyl groups is 1. The normalized spacial score (nSPS) is 12.7. The van der Waals surface area contributed by atoms with E-state index in [9.17, 15) is 0 Å². The summed E-state index contributed by atoms with van der Waals surface area (Å²) in [6, 6.07) is 6.70. The van der Waals surface area contributed by atoms with Crippen LogP contribution in [0.5, 0.6) is 5.75 Å². The van der Waals surface area contributed by atoms with E-state index in [1.165, 1.54) is 0 Å². The summed E-state index contributed by atoms with van der Waals surface area (Å²) < 4.78 is 0. The lowest BCUT2D eigenvalue weighted by Gasteiger charge is -2.18. The first kappa shape index (κ1) is 9.89. The van der Waals surface area contributed by atoms with E-state index in [-0.39, 0.29) is 18.4 Å². The Kier molecular flexibility index (Phi) is 3.61. The van der Waals surface area contributed by atoms with Gasteiger partial charge in [0.1, 0.15) is 5.75 Å². The molecule has 0 heterocycles. The third-order valence-corrected chi connectivity index (χ3v) is 1.88. The Labute approximate surface area is 78.0 Å². The van der Waals surface area contributed by atoms with Crippen LogP contribution in [0.1, 0.15) is 5.56 Å². The number of hydrogen-bond donors (Lipinski definition) is 2. The molecule has 0 aliphatic carbocycles. The molecule has 1 rings (SSSR count). The zero-order valence-electron chi connectivity index (χ0n) is 7.35. The fourth-order valence-corrected chi connectivity index (χ4v) is 1.09. The third kappa shape index (κ3) is 2.97. The largest absolute Gasteiger partial charge is 0.508 e. The van der Waals surface area contributed by atoms with Gasteiger partial charge in [-0.15, -0.1) is 0 Å². The molecule has 0 fully saturated rings. The summed E-state index contributed by atoms with van der Waals surface area (Å²) >= 11 is 0. The molecule has 0 bridgehead atoms. The van der Waals surface area contributed by atoms with Crippen molar-refractivity contribution in [2.45, 2.75) is 12.5 Å². The van der Waals surface area contributed by atoms with Crippen molar-refractivity contribution in [1.82, 2.24) is 0 Å². The quantitative estimate of drug-likeness (QED) is 0.687. The Morgan fingerprint density at radius 3 is 2.38 bits per heavy atom. The van der Waals surface area contributed by atoms with Crippen LogP contribution in [0.4, 0.5) is 0 Å². The number of aliphatic hydroxyl groups is 1. The molecule has 3 nitrogen and oxygen atoms in total. The zero-order valence-corrected chi connectivity index (χ0v) is 7.35. The summed E-state index contributed by atoms with van der Waals surface area (Å²) in [5.41, 5.74) is 1.03. The van der Waals surface area contributed by atoms with E-state index in [1.807, 2.05) is 12.1 Å². The summed E-state index contributed by atoms with van der Waals surface area (Å²) in [5.74, 6) is 0.246. The Morgan fingerprint density at radius 2 is 1.92 bits per heavy atom. The molecule has 1 atom stereocenters. The van der Waals surface area contributed by atoms with E-state index >= 15 is 0 Å². The molecule has 0 radical (unpaired) electrons. The molecule has 70 valence electrons. The van der Waals surface area contributed by atoms with Crippen LogP contribution in [-0.2, 0) is 6.42 Å². The average Bonchev–Trinajstić information content (AvgIpc) is 2.17. The van der Waals surface area contributed by atoms with E-state index < -0.39 is 0 Å². The van der Waals surface area contributed by atoms with Gasteiger partial charge in [-0.1, -0.05) is 18.2 Å². The number of hydrogen-bond acceptors (Lipinski definition) is 2. The van der Waals surface area contributed by atoms with Gasteiger partial charge in [-0.05, 0) is 31.2 Å². The van der Waals surface area contributed by atoms with Gasteiger partial charge in [0.05, 0.1) is 0 Å². The number of aliphatic hydroxyl groups excluding tert-OH is 1. The first-order chi connectivity index (χ1) is 6.26. The average molecular weight is 179 g/mol. The summed E-state index contributed by atoms with van der Waals surface area (Å²) in [7, 11) is 3.39. The first-order valence-corrected chi connectivity index (χ1v) is 4.11. The van der Waals surface area contributed by atoms with Crippen LogP contribution in [0, 0.1) is 7.05 Å². The molecule has 0 aliphatic heterocycles. The van der Waals surface area contributed by atoms with Gasteiger partial charge >= 0.3 is 0 Å². The Hall–Kier alpha value is -1.19. The predicted molar refractivity (Wildman–Crippen MR) is 51.4 cm³/mol. The highest BCUT2D eigenvalue weighted by atomic mass is 16.3. The fraction of sp³-hybridized carbons (Fsp3) is 0.300. The molecule has 2 N–H and O–H groups in total. The number of phenolic OH excluding ortho intramolecular Hbond substituents is 1. The lowest BCUT2D eigenvalue weighted by atomic mass is 10.1.